The van der Waals surface area contributed by atoms with Gasteiger partial charge in [-0.15, -0.1) is 23.2 Å². The van der Waals surface area contributed by atoms with Gasteiger partial charge in [0.1, 0.15) is 0 Å². The molecule has 12 heavy (non-hydrogen) atoms. The number of ether oxygens (including phenoxy) is 1. The molecule has 0 radical (unpaired) electrons. The number of methoxy groups -OCH3 is 1. The summed E-state index contributed by atoms with van der Waals surface area (Å²) in [7, 11) is 1.23. The molecule has 0 aliphatic carbocycles. The fourth-order valence-corrected chi connectivity index (χ4v) is 0.311. The molecule has 0 saturated carbocycles. The van der Waals surface area contributed by atoms with Crippen molar-refractivity contribution in [3.05, 3.63) is 0 Å². The van der Waals surface area contributed by atoms with Crippen LogP contribution in [0.15, 0.2) is 0 Å². The molecule has 0 aromatic heterocycles. The number of carboxylic acid groups (broad SMARTS) is 1. The van der Waals surface area contributed by atoms with Gasteiger partial charge in [-0.3, -0.25) is 9.59 Å². The standard InChI is InChI=1S/C5H8O4.CH2Cl2/c1-9-5(8)3-2-4(6)7;2-1-3/h2-3H2,1H3,(H,6,7);1H2. The highest BCUT2D eigenvalue weighted by atomic mass is 35.5. The maximum Gasteiger partial charge on any atom is 0.306 e. The van der Waals surface area contributed by atoms with Crippen LogP contribution in [0.3, 0.4) is 0 Å². The zero-order valence-electron chi connectivity index (χ0n) is 6.55. The lowest BCUT2D eigenvalue weighted by molar-refractivity contribution is -0.145. The summed E-state index contributed by atoms with van der Waals surface area (Å²) in [6.45, 7) is 0. The number of hydrogen-bond acceptors (Lipinski definition) is 3. The number of alkyl halides is 2. The predicted octanol–water partition coefficient (Wildman–Crippen LogP) is 1.45. The number of carboxylic acids is 1. The Kier molecular flexibility index (Phi) is 12.3. The first-order valence-electron chi connectivity index (χ1n) is 2.99. The molecule has 0 rings (SSSR count). The molecule has 0 amide bonds. The number of halogens is 2. The number of aliphatic carboxylic acids is 1. The van der Waals surface area contributed by atoms with Crippen molar-refractivity contribution in [2.24, 2.45) is 0 Å². The monoisotopic (exact) mass is 216 g/mol. The highest BCUT2D eigenvalue weighted by molar-refractivity contribution is 6.40. The van der Waals surface area contributed by atoms with E-state index in [1.807, 2.05) is 0 Å². The van der Waals surface area contributed by atoms with Crippen LogP contribution in [0.2, 0.25) is 0 Å². The van der Waals surface area contributed by atoms with Gasteiger partial charge in [0.05, 0.1) is 25.3 Å². The molecule has 0 aromatic carbocycles. The van der Waals surface area contributed by atoms with Crippen LogP contribution in [-0.2, 0) is 14.3 Å². The second-order valence-corrected chi connectivity index (χ2v) is 2.38. The Hall–Kier alpha value is -0.480. The Bertz CT molecular complexity index is 138. The van der Waals surface area contributed by atoms with Gasteiger partial charge in [0, 0.05) is 0 Å². The SMILES string of the molecule is COC(=O)CCC(=O)O.ClCCl. The molecule has 1 N–H and O–H groups in total. The van der Waals surface area contributed by atoms with Crippen LogP contribution in [-0.4, -0.2) is 29.5 Å². The molecule has 4 nitrogen and oxygen atoms in total. The molecular formula is C6H10Cl2O4. The van der Waals surface area contributed by atoms with E-state index >= 15 is 0 Å². The number of esters is 1. The van der Waals surface area contributed by atoms with Crippen LogP contribution >= 0.6 is 23.2 Å². The first-order valence-corrected chi connectivity index (χ1v) is 4.05. The Labute approximate surface area is 80.4 Å². The minimum Gasteiger partial charge on any atom is -0.481 e. The van der Waals surface area contributed by atoms with E-state index in [-0.39, 0.29) is 18.2 Å². The summed E-state index contributed by atoms with van der Waals surface area (Å²) < 4.78 is 4.20. The summed E-state index contributed by atoms with van der Waals surface area (Å²) >= 11 is 9.53. The third kappa shape index (κ3) is 16.3. The summed E-state index contributed by atoms with van der Waals surface area (Å²) in [5.41, 5.74) is 0. The molecular weight excluding hydrogens is 207 g/mol. The van der Waals surface area contributed by atoms with Gasteiger partial charge >= 0.3 is 11.9 Å². The zero-order valence-corrected chi connectivity index (χ0v) is 8.06. The van der Waals surface area contributed by atoms with E-state index in [9.17, 15) is 9.59 Å². The molecule has 0 aliphatic rings. The maximum absolute atomic E-state index is 10.2. The second kappa shape index (κ2) is 10.5. The third-order valence-electron chi connectivity index (χ3n) is 0.771. The normalized spacial score (nSPS) is 7.92. The smallest absolute Gasteiger partial charge is 0.306 e. The molecule has 0 aliphatic heterocycles. The first kappa shape index (κ1) is 14.1. The quantitative estimate of drug-likeness (QED) is 0.573. The van der Waals surface area contributed by atoms with Crippen molar-refractivity contribution in [2.45, 2.75) is 12.8 Å². The molecule has 6 heteroatoms. The average Bonchev–Trinajstić information content (AvgIpc) is 2.01. The number of carbonyl (C=O) groups excluding carboxylic acids is 1. The predicted molar refractivity (Wildman–Crippen MR) is 45.5 cm³/mol. The molecule has 72 valence electrons. The molecule has 0 aromatic rings. The van der Waals surface area contributed by atoms with E-state index in [2.05, 4.69) is 4.74 Å². The topological polar surface area (TPSA) is 63.6 Å². The van der Waals surface area contributed by atoms with Crippen molar-refractivity contribution in [3.63, 3.8) is 0 Å². The summed E-state index contributed by atoms with van der Waals surface area (Å²) in [6.07, 6.45) is -0.210. The van der Waals surface area contributed by atoms with Gasteiger partial charge in [0.15, 0.2) is 0 Å². The maximum atomic E-state index is 10.2. The Balaban J connectivity index is 0. The Morgan fingerprint density at radius 2 is 1.75 bits per heavy atom. The number of carbonyl (C=O) groups is 2. The van der Waals surface area contributed by atoms with E-state index in [1.54, 1.807) is 0 Å². The number of rotatable bonds is 3. The third-order valence-corrected chi connectivity index (χ3v) is 0.771. The van der Waals surface area contributed by atoms with Crippen LogP contribution < -0.4 is 0 Å². The Morgan fingerprint density at radius 1 is 1.33 bits per heavy atom. The van der Waals surface area contributed by atoms with E-state index in [4.69, 9.17) is 28.3 Å². The van der Waals surface area contributed by atoms with Gasteiger partial charge < -0.3 is 9.84 Å². The van der Waals surface area contributed by atoms with Crippen molar-refractivity contribution >= 4 is 35.1 Å². The summed E-state index contributed by atoms with van der Waals surface area (Å²) in [5, 5.41) is 8.24. The minimum absolute atomic E-state index is 0.0498. The van der Waals surface area contributed by atoms with Gasteiger partial charge in [0.25, 0.3) is 0 Å². The fraction of sp³-hybridized carbons (Fsp3) is 0.667. The van der Waals surface area contributed by atoms with Crippen molar-refractivity contribution in [2.75, 3.05) is 12.4 Å². The second-order valence-electron chi connectivity index (χ2n) is 1.57. The molecule has 0 bridgehead atoms. The Morgan fingerprint density at radius 3 is 2.00 bits per heavy atom. The van der Waals surface area contributed by atoms with Gasteiger partial charge in [-0.05, 0) is 0 Å². The zero-order chi connectivity index (χ0) is 9.98. The summed E-state index contributed by atoms with van der Waals surface area (Å²) in [6, 6.07) is 0. The summed E-state index contributed by atoms with van der Waals surface area (Å²) in [5.74, 6) is -1.47. The molecule has 0 atom stereocenters. The molecule has 0 fully saturated rings. The minimum atomic E-state index is -0.986. The molecule has 0 unspecified atom stereocenters. The average molecular weight is 217 g/mol. The van der Waals surface area contributed by atoms with E-state index in [0.29, 0.717) is 0 Å². The lowest BCUT2D eigenvalue weighted by Crippen LogP contribution is -2.04. The highest BCUT2D eigenvalue weighted by Crippen LogP contribution is 1.89. The van der Waals surface area contributed by atoms with Gasteiger partial charge in [-0.25, -0.2) is 0 Å². The van der Waals surface area contributed by atoms with Gasteiger partial charge in [0.2, 0.25) is 0 Å². The van der Waals surface area contributed by atoms with Crippen LogP contribution in [0, 0.1) is 0 Å². The van der Waals surface area contributed by atoms with Gasteiger partial charge in [-0.1, -0.05) is 0 Å². The van der Waals surface area contributed by atoms with Crippen LogP contribution in [0.5, 0.6) is 0 Å². The van der Waals surface area contributed by atoms with Crippen molar-refractivity contribution in [1.82, 2.24) is 0 Å². The van der Waals surface area contributed by atoms with Crippen LogP contribution in [0.1, 0.15) is 12.8 Å². The lowest BCUT2D eigenvalue weighted by Gasteiger charge is -1.92. The van der Waals surface area contributed by atoms with Crippen LogP contribution in [0.4, 0.5) is 0 Å². The van der Waals surface area contributed by atoms with Crippen molar-refractivity contribution < 1.29 is 19.4 Å². The van der Waals surface area contributed by atoms with Crippen LogP contribution in [0.25, 0.3) is 0 Å². The lowest BCUT2D eigenvalue weighted by atomic mass is 10.3. The molecule has 0 saturated heterocycles. The van der Waals surface area contributed by atoms with Gasteiger partial charge in [-0.2, -0.15) is 0 Å². The van der Waals surface area contributed by atoms with E-state index in [0.717, 1.165) is 0 Å². The summed E-state index contributed by atoms with van der Waals surface area (Å²) in [4.78, 5) is 20.0. The number of hydrogen-bond donors (Lipinski definition) is 1. The van der Waals surface area contributed by atoms with Crippen molar-refractivity contribution in [1.29, 1.82) is 0 Å². The highest BCUT2D eigenvalue weighted by Gasteiger charge is 2.02. The van der Waals surface area contributed by atoms with E-state index < -0.39 is 11.9 Å². The fourth-order valence-electron chi connectivity index (χ4n) is 0.311. The molecule has 0 spiro atoms. The van der Waals surface area contributed by atoms with Crippen molar-refractivity contribution in [3.8, 4) is 0 Å². The molecule has 0 heterocycles. The van der Waals surface area contributed by atoms with E-state index in [1.165, 1.54) is 7.11 Å². The largest absolute Gasteiger partial charge is 0.481 e. The first-order chi connectivity index (χ1) is 5.58.